The van der Waals surface area contributed by atoms with Gasteiger partial charge in [0.1, 0.15) is 12.5 Å². The third-order valence-electron chi connectivity index (χ3n) is 6.81. The first-order valence-electron chi connectivity index (χ1n) is 11.7. The molecule has 4 aromatic carbocycles. The van der Waals surface area contributed by atoms with Gasteiger partial charge in [0, 0.05) is 36.7 Å². The first-order valence-corrected chi connectivity index (χ1v) is 11.7. The maximum absolute atomic E-state index is 13.3. The van der Waals surface area contributed by atoms with E-state index in [1.54, 1.807) is 0 Å². The summed E-state index contributed by atoms with van der Waals surface area (Å²) in [4.78, 5) is 15.7. The first kappa shape index (κ1) is 20.5. The van der Waals surface area contributed by atoms with E-state index < -0.39 is 0 Å². The lowest BCUT2D eigenvalue weighted by Gasteiger charge is -2.22. The van der Waals surface area contributed by atoms with Gasteiger partial charge in [-0.3, -0.25) is 4.79 Å². The summed E-state index contributed by atoms with van der Waals surface area (Å²) in [6.45, 7) is 1.98. The Morgan fingerprint density at radius 3 is 2.38 bits per heavy atom. The third kappa shape index (κ3) is 3.92. The van der Waals surface area contributed by atoms with E-state index in [0.29, 0.717) is 29.4 Å². The Kier molecular flexibility index (Phi) is 5.27. The third-order valence-corrected chi connectivity index (χ3v) is 6.81. The van der Waals surface area contributed by atoms with Crippen molar-refractivity contribution < 1.29 is 14.3 Å². The van der Waals surface area contributed by atoms with Crippen LogP contribution in [0.3, 0.4) is 0 Å². The number of Topliss-reactive ketones (excluding diaryl/α,β-unsaturated/α-hetero) is 1. The van der Waals surface area contributed by atoms with Crippen LogP contribution in [0, 0.1) is 0 Å². The van der Waals surface area contributed by atoms with Crippen molar-refractivity contribution in [2.45, 2.75) is 18.8 Å². The van der Waals surface area contributed by atoms with Crippen molar-refractivity contribution in [3.8, 4) is 11.5 Å². The van der Waals surface area contributed by atoms with Crippen LogP contribution >= 0.6 is 0 Å². The fourth-order valence-corrected chi connectivity index (χ4v) is 5.04. The monoisotopic (exact) mass is 447 g/mol. The molecular weight excluding hydrogens is 422 g/mol. The van der Waals surface area contributed by atoms with E-state index in [2.05, 4.69) is 53.4 Å². The molecule has 1 atom stereocenters. The zero-order valence-corrected chi connectivity index (χ0v) is 18.8. The van der Waals surface area contributed by atoms with Crippen molar-refractivity contribution in [2.75, 3.05) is 18.0 Å². The molecule has 4 heteroatoms. The average Bonchev–Trinajstić information content (AvgIpc) is 3.38. The van der Waals surface area contributed by atoms with E-state index in [4.69, 9.17) is 9.47 Å². The van der Waals surface area contributed by atoms with Crippen LogP contribution in [0.4, 0.5) is 5.69 Å². The van der Waals surface area contributed by atoms with Crippen LogP contribution in [0.1, 0.15) is 33.8 Å². The van der Waals surface area contributed by atoms with Crippen LogP contribution in [0.15, 0.2) is 97.5 Å². The van der Waals surface area contributed by atoms with Gasteiger partial charge in [0.05, 0.1) is 0 Å². The van der Waals surface area contributed by atoms with Crippen molar-refractivity contribution >= 4 is 22.2 Å². The first-order chi connectivity index (χ1) is 16.7. The molecule has 4 nitrogen and oxygen atoms in total. The van der Waals surface area contributed by atoms with Gasteiger partial charge in [0.15, 0.2) is 17.3 Å². The Balaban J connectivity index is 1.23. The summed E-state index contributed by atoms with van der Waals surface area (Å²) < 4.78 is 11.1. The Labute approximate surface area is 199 Å². The molecule has 168 valence electrons. The van der Waals surface area contributed by atoms with Crippen LogP contribution in [0.5, 0.6) is 11.5 Å². The Morgan fingerprint density at radius 2 is 1.56 bits per heavy atom. The molecule has 2 aliphatic rings. The zero-order chi connectivity index (χ0) is 22.9. The molecule has 2 heterocycles. The second kappa shape index (κ2) is 8.71. The molecule has 0 aliphatic carbocycles. The van der Waals surface area contributed by atoms with Crippen molar-refractivity contribution in [3.05, 3.63) is 114 Å². The SMILES string of the molecule is O=C(Cc1ccccc1N1CCC(c2ccccc2)C1)c1ccc2cc3c(cc2c1)OC=CO3. The molecule has 6 rings (SSSR count). The maximum atomic E-state index is 13.3. The van der Waals surface area contributed by atoms with Crippen LogP contribution in [-0.4, -0.2) is 18.9 Å². The highest BCUT2D eigenvalue weighted by atomic mass is 16.5. The summed E-state index contributed by atoms with van der Waals surface area (Å²) in [5.74, 6) is 1.98. The Morgan fingerprint density at radius 1 is 0.824 bits per heavy atom. The van der Waals surface area contributed by atoms with Crippen LogP contribution in [0.2, 0.25) is 0 Å². The molecule has 0 radical (unpaired) electrons. The molecule has 0 bridgehead atoms. The lowest BCUT2D eigenvalue weighted by atomic mass is 9.98. The summed E-state index contributed by atoms with van der Waals surface area (Å²) in [5, 5.41) is 1.97. The molecule has 0 aromatic heterocycles. The van der Waals surface area contributed by atoms with E-state index in [1.807, 2.05) is 36.4 Å². The number of carbonyl (C=O) groups is 1. The second-order valence-corrected chi connectivity index (χ2v) is 8.94. The standard InChI is InChI=1S/C30H25NO3/c32-28(24-11-10-22-18-29-30(19-26(22)16-24)34-15-14-33-29)17-23-8-4-5-9-27(23)31-13-12-25(20-31)21-6-2-1-3-7-21/h1-11,14-16,18-19,25H,12-13,17,20H2. The minimum absolute atomic E-state index is 0.114. The largest absolute Gasteiger partial charge is 0.458 e. The van der Waals surface area contributed by atoms with Crippen molar-refractivity contribution in [2.24, 2.45) is 0 Å². The van der Waals surface area contributed by atoms with Crippen molar-refractivity contribution in [3.63, 3.8) is 0 Å². The summed E-state index contributed by atoms with van der Waals surface area (Å²) in [6, 6.07) is 28.7. The van der Waals surface area contributed by atoms with Gasteiger partial charge in [-0.05, 0) is 52.6 Å². The number of benzene rings is 4. The number of ketones is 1. The minimum atomic E-state index is 0.114. The molecule has 1 fully saturated rings. The number of hydrogen-bond donors (Lipinski definition) is 0. The number of fused-ring (bicyclic) bond motifs is 2. The highest BCUT2D eigenvalue weighted by Crippen LogP contribution is 2.36. The second-order valence-electron chi connectivity index (χ2n) is 8.94. The molecule has 0 spiro atoms. The Hall–Kier alpha value is -4.05. The number of carbonyl (C=O) groups excluding carboxylic acids is 1. The van der Waals surface area contributed by atoms with E-state index in [9.17, 15) is 4.79 Å². The molecule has 0 amide bonds. The summed E-state index contributed by atoms with van der Waals surface area (Å²) in [6.07, 6.45) is 4.54. The molecular formula is C30H25NO3. The van der Waals surface area contributed by atoms with Gasteiger partial charge < -0.3 is 14.4 Å². The number of rotatable bonds is 5. The average molecular weight is 448 g/mol. The number of nitrogens with zero attached hydrogens (tertiary/aromatic N) is 1. The van der Waals surface area contributed by atoms with Crippen molar-refractivity contribution in [1.82, 2.24) is 0 Å². The predicted octanol–water partition coefficient (Wildman–Crippen LogP) is 6.50. The van der Waals surface area contributed by atoms with Crippen LogP contribution < -0.4 is 14.4 Å². The van der Waals surface area contributed by atoms with Crippen LogP contribution in [-0.2, 0) is 6.42 Å². The maximum Gasteiger partial charge on any atom is 0.169 e. The molecule has 34 heavy (non-hydrogen) atoms. The van der Waals surface area contributed by atoms with Gasteiger partial charge in [-0.25, -0.2) is 0 Å². The van der Waals surface area contributed by atoms with Crippen LogP contribution in [0.25, 0.3) is 10.8 Å². The van der Waals surface area contributed by atoms with Gasteiger partial charge in [0.25, 0.3) is 0 Å². The minimum Gasteiger partial charge on any atom is -0.458 e. The highest BCUT2D eigenvalue weighted by Gasteiger charge is 2.25. The van der Waals surface area contributed by atoms with E-state index in [-0.39, 0.29) is 5.78 Å². The zero-order valence-electron chi connectivity index (χ0n) is 18.8. The summed E-state index contributed by atoms with van der Waals surface area (Å²) in [5.41, 5.74) is 4.34. The summed E-state index contributed by atoms with van der Waals surface area (Å²) >= 11 is 0. The fraction of sp³-hybridized carbons (Fsp3) is 0.167. The van der Waals surface area contributed by atoms with E-state index in [0.717, 1.165) is 35.8 Å². The van der Waals surface area contributed by atoms with Crippen molar-refractivity contribution in [1.29, 1.82) is 0 Å². The number of ether oxygens (including phenoxy) is 2. The van der Waals surface area contributed by atoms with E-state index >= 15 is 0 Å². The molecule has 1 saturated heterocycles. The lowest BCUT2D eigenvalue weighted by Crippen LogP contribution is -2.21. The van der Waals surface area contributed by atoms with Gasteiger partial charge in [-0.1, -0.05) is 60.7 Å². The normalized spacial score (nSPS) is 16.7. The summed E-state index contributed by atoms with van der Waals surface area (Å²) in [7, 11) is 0. The van der Waals surface area contributed by atoms with Gasteiger partial charge in [-0.2, -0.15) is 0 Å². The quantitative estimate of drug-likeness (QED) is 0.327. The predicted molar refractivity (Wildman–Crippen MR) is 135 cm³/mol. The molecule has 1 unspecified atom stereocenters. The Bertz CT molecular complexity index is 1390. The molecule has 0 N–H and O–H groups in total. The smallest absolute Gasteiger partial charge is 0.169 e. The molecule has 2 aliphatic heterocycles. The fourth-order valence-electron chi connectivity index (χ4n) is 5.04. The van der Waals surface area contributed by atoms with Gasteiger partial charge >= 0.3 is 0 Å². The highest BCUT2D eigenvalue weighted by molar-refractivity contribution is 6.02. The van der Waals surface area contributed by atoms with E-state index in [1.165, 1.54) is 23.8 Å². The topological polar surface area (TPSA) is 38.8 Å². The molecule has 4 aromatic rings. The number of para-hydroxylation sites is 1. The van der Waals surface area contributed by atoms with Gasteiger partial charge in [-0.15, -0.1) is 0 Å². The molecule has 0 saturated carbocycles. The lowest BCUT2D eigenvalue weighted by molar-refractivity contribution is 0.0993. The number of hydrogen-bond acceptors (Lipinski definition) is 4. The van der Waals surface area contributed by atoms with Gasteiger partial charge in [0.2, 0.25) is 0 Å². The number of anilines is 1.